The molecule has 1 aliphatic heterocycles. The van der Waals surface area contributed by atoms with Crippen molar-refractivity contribution in [2.45, 2.75) is 30.7 Å². The molecule has 31 heavy (non-hydrogen) atoms. The highest BCUT2D eigenvalue weighted by Gasteiger charge is 2.38. The Hall–Kier alpha value is -2.78. The number of fused-ring (bicyclic) bond motifs is 1. The SMILES string of the molecule is CCOC(=O)C[C@H]1c2cc(OC)c(OC)cc2CCN1S(=O)(=O)c1ccc(OC)cc1. The Bertz CT molecular complexity index is 1030. The van der Waals surface area contributed by atoms with Crippen molar-refractivity contribution in [3.8, 4) is 17.2 Å². The highest BCUT2D eigenvalue weighted by atomic mass is 32.2. The molecule has 2 aromatic rings. The molecule has 0 saturated carbocycles. The van der Waals surface area contributed by atoms with Gasteiger partial charge in [0.2, 0.25) is 10.0 Å². The minimum atomic E-state index is -3.88. The van der Waals surface area contributed by atoms with E-state index in [2.05, 4.69) is 0 Å². The highest BCUT2D eigenvalue weighted by Crippen LogP contribution is 2.41. The Kier molecular flexibility index (Phi) is 7.07. The van der Waals surface area contributed by atoms with Gasteiger partial charge in [0, 0.05) is 6.54 Å². The standard InChI is InChI=1S/C22H27NO7S/c1-5-30-22(24)14-19-18-13-21(29-4)20(28-3)12-15(18)10-11-23(19)31(25,26)17-8-6-16(27-2)7-9-17/h6-9,12-13,19H,5,10-11,14H2,1-4H3/t19-/m0/s1. The molecule has 0 unspecified atom stereocenters. The summed E-state index contributed by atoms with van der Waals surface area (Å²) in [5.41, 5.74) is 1.61. The number of rotatable bonds is 8. The molecule has 0 amide bonds. The fourth-order valence-electron chi connectivity index (χ4n) is 3.77. The van der Waals surface area contributed by atoms with Crippen molar-refractivity contribution in [1.82, 2.24) is 4.31 Å². The van der Waals surface area contributed by atoms with Crippen LogP contribution in [-0.2, 0) is 26.0 Å². The third-order valence-electron chi connectivity index (χ3n) is 5.28. The van der Waals surface area contributed by atoms with Gasteiger partial charge in [-0.15, -0.1) is 0 Å². The summed E-state index contributed by atoms with van der Waals surface area (Å²) in [6, 6.07) is 9.05. The summed E-state index contributed by atoms with van der Waals surface area (Å²) in [6.45, 7) is 2.16. The van der Waals surface area contributed by atoms with Crippen LogP contribution in [0.3, 0.4) is 0 Å². The Labute approximate surface area is 182 Å². The smallest absolute Gasteiger partial charge is 0.307 e. The molecule has 0 saturated heterocycles. The van der Waals surface area contributed by atoms with E-state index in [1.54, 1.807) is 32.2 Å². The third kappa shape index (κ3) is 4.62. The maximum absolute atomic E-state index is 13.5. The molecule has 0 bridgehead atoms. The Morgan fingerprint density at radius 2 is 1.68 bits per heavy atom. The fourth-order valence-corrected chi connectivity index (χ4v) is 5.37. The van der Waals surface area contributed by atoms with Gasteiger partial charge < -0.3 is 18.9 Å². The molecule has 0 fully saturated rings. The summed E-state index contributed by atoms with van der Waals surface area (Å²) >= 11 is 0. The predicted molar refractivity (Wildman–Crippen MR) is 114 cm³/mol. The summed E-state index contributed by atoms with van der Waals surface area (Å²) in [7, 11) is 0.698. The lowest BCUT2D eigenvalue weighted by Crippen LogP contribution is -2.41. The number of sulfonamides is 1. The summed E-state index contributed by atoms with van der Waals surface area (Å²) in [4.78, 5) is 12.5. The Balaban J connectivity index is 2.07. The quantitative estimate of drug-likeness (QED) is 0.572. The Morgan fingerprint density at radius 1 is 1.03 bits per heavy atom. The van der Waals surface area contributed by atoms with Crippen LogP contribution in [-0.4, -0.2) is 53.2 Å². The van der Waals surface area contributed by atoms with E-state index in [0.717, 1.165) is 5.56 Å². The zero-order valence-electron chi connectivity index (χ0n) is 18.1. The van der Waals surface area contributed by atoms with E-state index in [0.29, 0.717) is 29.2 Å². The van der Waals surface area contributed by atoms with Crippen molar-refractivity contribution < 1.29 is 32.2 Å². The largest absolute Gasteiger partial charge is 0.497 e. The lowest BCUT2D eigenvalue weighted by atomic mass is 9.91. The van der Waals surface area contributed by atoms with Gasteiger partial charge >= 0.3 is 5.97 Å². The van der Waals surface area contributed by atoms with Gasteiger partial charge in [0.1, 0.15) is 5.75 Å². The third-order valence-corrected chi connectivity index (χ3v) is 7.21. The van der Waals surface area contributed by atoms with Crippen LogP contribution in [0.1, 0.15) is 30.5 Å². The summed E-state index contributed by atoms with van der Waals surface area (Å²) in [6.07, 6.45) is 0.371. The zero-order chi connectivity index (χ0) is 22.6. The molecule has 1 atom stereocenters. The number of nitrogens with zero attached hydrogens (tertiary/aromatic N) is 1. The monoisotopic (exact) mass is 449 g/mol. The lowest BCUT2D eigenvalue weighted by Gasteiger charge is -2.36. The van der Waals surface area contributed by atoms with Gasteiger partial charge in [-0.2, -0.15) is 4.31 Å². The van der Waals surface area contributed by atoms with E-state index in [1.807, 2.05) is 6.07 Å². The van der Waals surface area contributed by atoms with Gasteiger partial charge in [-0.1, -0.05) is 0 Å². The first-order valence-electron chi connectivity index (χ1n) is 9.92. The van der Waals surface area contributed by atoms with Crippen molar-refractivity contribution in [3.63, 3.8) is 0 Å². The molecule has 0 aromatic heterocycles. The molecular formula is C22H27NO7S. The van der Waals surface area contributed by atoms with Gasteiger partial charge in [-0.05, 0) is 60.9 Å². The van der Waals surface area contributed by atoms with Gasteiger partial charge in [-0.3, -0.25) is 4.79 Å². The average molecular weight is 450 g/mol. The summed E-state index contributed by atoms with van der Waals surface area (Å²) in [5.74, 6) is 1.12. The van der Waals surface area contributed by atoms with E-state index >= 15 is 0 Å². The topological polar surface area (TPSA) is 91.4 Å². The van der Waals surface area contributed by atoms with Crippen LogP contribution >= 0.6 is 0 Å². The number of hydrogen-bond donors (Lipinski definition) is 0. The predicted octanol–water partition coefficient (Wildman–Crippen LogP) is 2.95. The van der Waals surface area contributed by atoms with Crippen molar-refractivity contribution in [2.75, 3.05) is 34.5 Å². The summed E-state index contributed by atoms with van der Waals surface area (Å²) in [5, 5.41) is 0. The first-order valence-corrected chi connectivity index (χ1v) is 11.4. The molecule has 0 aliphatic carbocycles. The number of hydrogen-bond acceptors (Lipinski definition) is 7. The normalized spacial score (nSPS) is 16.3. The molecule has 1 aliphatic rings. The number of methoxy groups -OCH3 is 3. The lowest BCUT2D eigenvalue weighted by molar-refractivity contribution is -0.144. The molecule has 9 heteroatoms. The second-order valence-corrected chi connectivity index (χ2v) is 8.86. The van der Waals surface area contributed by atoms with E-state index in [-0.39, 0.29) is 24.5 Å². The number of carbonyl (C=O) groups is 1. The van der Waals surface area contributed by atoms with Gasteiger partial charge in [0.15, 0.2) is 11.5 Å². The van der Waals surface area contributed by atoms with Crippen LogP contribution in [0.15, 0.2) is 41.3 Å². The second kappa shape index (κ2) is 9.57. The Morgan fingerprint density at radius 3 is 2.26 bits per heavy atom. The van der Waals surface area contributed by atoms with Gasteiger partial charge in [0.25, 0.3) is 0 Å². The van der Waals surface area contributed by atoms with Crippen molar-refractivity contribution in [3.05, 3.63) is 47.5 Å². The number of carbonyl (C=O) groups excluding carboxylic acids is 1. The molecule has 3 rings (SSSR count). The maximum atomic E-state index is 13.5. The van der Waals surface area contributed by atoms with Crippen LogP contribution in [0.2, 0.25) is 0 Å². The van der Waals surface area contributed by atoms with Crippen LogP contribution in [0.25, 0.3) is 0 Å². The minimum Gasteiger partial charge on any atom is -0.497 e. The van der Waals surface area contributed by atoms with E-state index < -0.39 is 22.0 Å². The maximum Gasteiger partial charge on any atom is 0.307 e. The molecular weight excluding hydrogens is 422 g/mol. The average Bonchev–Trinajstić information content (AvgIpc) is 2.78. The van der Waals surface area contributed by atoms with Crippen LogP contribution in [0.5, 0.6) is 17.2 Å². The molecule has 0 N–H and O–H groups in total. The minimum absolute atomic E-state index is 0.105. The molecule has 2 aromatic carbocycles. The number of benzene rings is 2. The van der Waals surface area contributed by atoms with Crippen molar-refractivity contribution >= 4 is 16.0 Å². The van der Waals surface area contributed by atoms with Gasteiger partial charge in [0.05, 0.1) is 45.3 Å². The first-order chi connectivity index (χ1) is 14.8. The van der Waals surface area contributed by atoms with Crippen molar-refractivity contribution in [2.24, 2.45) is 0 Å². The van der Waals surface area contributed by atoms with Crippen LogP contribution in [0.4, 0.5) is 0 Å². The van der Waals surface area contributed by atoms with Gasteiger partial charge in [-0.25, -0.2) is 8.42 Å². The van der Waals surface area contributed by atoms with Crippen LogP contribution < -0.4 is 14.2 Å². The zero-order valence-corrected chi connectivity index (χ0v) is 18.9. The second-order valence-electron chi connectivity index (χ2n) is 6.97. The highest BCUT2D eigenvalue weighted by molar-refractivity contribution is 7.89. The molecule has 168 valence electrons. The number of ether oxygens (including phenoxy) is 4. The van der Waals surface area contributed by atoms with Crippen molar-refractivity contribution in [1.29, 1.82) is 0 Å². The molecule has 0 radical (unpaired) electrons. The summed E-state index contributed by atoms with van der Waals surface area (Å²) < 4.78 is 49.4. The first kappa shape index (κ1) is 22.9. The molecule has 0 spiro atoms. The number of esters is 1. The van der Waals surface area contributed by atoms with E-state index in [4.69, 9.17) is 18.9 Å². The van der Waals surface area contributed by atoms with Crippen LogP contribution in [0, 0.1) is 0 Å². The molecule has 8 nitrogen and oxygen atoms in total. The van der Waals surface area contributed by atoms with E-state index in [1.165, 1.54) is 30.7 Å². The van der Waals surface area contributed by atoms with E-state index in [9.17, 15) is 13.2 Å². The fraction of sp³-hybridized carbons (Fsp3) is 0.409. The molecule has 1 heterocycles.